The van der Waals surface area contributed by atoms with Gasteiger partial charge in [-0.25, -0.2) is 0 Å². The average Bonchev–Trinajstić information content (AvgIpc) is 2.84. The van der Waals surface area contributed by atoms with Gasteiger partial charge in [-0.05, 0) is 74.2 Å². The number of benzene rings is 3. The maximum atomic E-state index is 13.7. The minimum absolute atomic E-state index is 0.0909. The topological polar surface area (TPSA) is 58.6 Å². The van der Waals surface area contributed by atoms with Gasteiger partial charge >= 0.3 is 0 Å². The van der Waals surface area contributed by atoms with E-state index < -0.39 is 6.04 Å². The highest BCUT2D eigenvalue weighted by molar-refractivity contribution is 9.10. The summed E-state index contributed by atoms with van der Waals surface area (Å²) in [5, 5.41) is 3.89. The smallest absolute Gasteiger partial charge is 0.261 e. The molecule has 1 atom stereocenters. The molecule has 3 rings (SSSR count). The van der Waals surface area contributed by atoms with Crippen molar-refractivity contribution in [3.05, 3.63) is 97.4 Å². The van der Waals surface area contributed by atoms with Crippen LogP contribution in [0.3, 0.4) is 0 Å². The third-order valence-electron chi connectivity index (χ3n) is 5.83. The van der Waals surface area contributed by atoms with E-state index in [0.29, 0.717) is 27.8 Å². The third kappa shape index (κ3) is 8.22. The first-order chi connectivity index (χ1) is 17.5. The van der Waals surface area contributed by atoms with Gasteiger partial charge in [-0.1, -0.05) is 75.5 Å². The van der Waals surface area contributed by atoms with Crippen LogP contribution in [0.25, 0.3) is 0 Å². The lowest BCUT2D eigenvalue weighted by Crippen LogP contribution is -2.52. The van der Waals surface area contributed by atoms with Crippen LogP contribution in [0.5, 0.6) is 5.75 Å². The molecule has 0 aliphatic heterocycles. The van der Waals surface area contributed by atoms with E-state index in [1.54, 1.807) is 23.1 Å². The van der Waals surface area contributed by atoms with Crippen molar-refractivity contribution in [3.63, 3.8) is 0 Å². The van der Waals surface area contributed by atoms with Crippen LogP contribution in [0, 0.1) is 13.8 Å². The number of carbonyl (C=O) groups is 2. The molecule has 0 saturated heterocycles. The first kappa shape index (κ1) is 29.0. The minimum Gasteiger partial charge on any atom is -0.484 e. The van der Waals surface area contributed by atoms with Gasteiger partial charge in [-0.3, -0.25) is 9.59 Å². The molecule has 0 fully saturated rings. The normalized spacial score (nSPS) is 11.8. The summed E-state index contributed by atoms with van der Waals surface area (Å²) >= 11 is 16.1. The summed E-state index contributed by atoms with van der Waals surface area (Å²) in [5.74, 6) is 0.0129. The number of hydrogen-bond donors (Lipinski definition) is 1. The van der Waals surface area contributed by atoms with Gasteiger partial charge in [0.05, 0.1) is 0 Å². The predicted molar refractivity (Wildman–Crippen MR) is 153 cm³/mol. The highest BCUT2D eigenvalue weighted by atomic mass is 79.9. The Balaban J connectivity index is 1.95. The second-order valence-electron chi connectivity index (χ2n) is 9.29. The summed E-state index contributed by atoms with van der Waals surface area (Å²) in [6.07, 6.45) is 0.340. The van der Waals surface area contributed by atoms with E-state index in [-0.39, 0.29) is 31.0 Å². The number of carbonyl (C=O) groups excluding carboxylic acids is 2. The maximum Gasteiger partial charge on any atom is 0.261 e. The standard InChI is InChI=1S/C29H31BrCl2N2O3/c1-18(2)33-29(36)26(14-21-8-6-5-7-9-21)34(16-22-10-11-23(31)15-25(22)32)27(35)17-37-24-12-19(3)28(30)20(4)13-24/h5-13,15,18,26H,14,16-17H2,1-4H3,(H,33,36)/t26-/m0/s1. The molecule has 3 aromatic carbocycles. The van der Waals surface area contributed by atoms with E-state index >= 15 is 0 Å². The fourth-order valence-electron chi connectivity index (χ4n) is 3.99. The molecule has 0 radical (unpaired) electrons. The second-order valence-corrected chi connectivity index (χ2v) is 10.9. The van der Waals surface area contributed by atoms with Gasteiger partial charge in [0, 0.05) is 33.5 Å². The molecular weight excluding hydrogens is 575 g/mol. The number of nitrogens with zero attached hydrogens (tertiary/aromatic N) is 1. The Morgan fingerprint density at radius 1 is 1.00 bits per heavy atom. The van der Waals surface area contributed by atoms with Gasteiger partial charge in [-0.15, -0.1) is 0 Å². The molecule has 0 aromatic heterocycles. The van der Waals surface area contributed by atoms with Gasteiger partial charge in [0.1, 0.15) is 11.8 Å². The quantitative estimate of drug-likeness (QED) is 0.273. The van der Waals surface area contributed by atoms with Crippen molar-refractivity contribution >= 4 is 50.9 Å². The summed E-state index contributed by atoms with van der Waals surface area (Å²) in [7, 11) is 0. The van der Waals surface area contributed by atoms with E-state index in [2.05, 4.69) is 21.2 Å². The maximum absolute atomic E-state index is 13.7. The monoisotopic (exact) mass is 604 g/mol. The van der Waals surface area contributed by atoms with E-state index in [4.69, 9.17) is 27.9 Å². The Morgan fingerprint density at radius 3 is 2.24 bits per heavy atom. The Bertz CT molecular complexity index is 1230. The van der Waals surface area contributed by atoms with Crippen molar-refractivity contribution in [2.24, 2.45) is 0 Å². The molecule has 1 N–H and O–H groups in total. The highest BCUT2D eigenvalue weighted by Gasteiger charge is 2.31. The Hall–Kier alpha value is -2.54. The van der Waals surface area contributed by atoms with Crippen molar-refractivity contribution in [3.8, 4) is 5.75 Å². The van der Waals surface area contributed by atoms with Gasteiger partial charge in [-0.2, -0.15) is 0 Å². The molecule has 0 aliphatic carbocycles. The first-order valence-corrected chi connectivity index (χ1v) is 13.6. The van der Waals surface area contributed by atoms with Crippen LogP contribution in [0.1, 0.15) is 36.1 Å². The SMILES string of the molecule is Cc1cc(OCC(=O)N(Cc2ccc(Cl)cc2Cl)[C@@H](Cc2ccccc2)C(=O)NC(C)C)cc(C)c1Br. The van der Waals surface area contributed by atoms with Crippen molar-refractivity contribution in [1.82, 2.24) is 10.2 Å². The average molecular weight is 606 g/mol. The Labute approximate surface area is 237 Å². The number of aryl methyl sites for hydroxylation is 2. The molecule has 37 heavy (non-hydrogen) atoms. The summed E-state index contributed by atoms with van der Waals surface area (Å²) < 4.78 is 6.91. The summed E-state index contributed by atoms with van der Waals surface area (Å²) in [4.78, 5) is 28.7. The molecule has 0 unspecified atom stereocenters. The van der Waals surface area contributed by atoms with Crippen LogP contribution in [-0.4, -0.2) is 35.4 Å². The van der Waals surface area contributed by atoms with Crippen LogP contribution >= 0.6 is 39.1 Å². The first-order valence-electron chi connectivity index (χ1n) is 12.0. The summed E-state index contributed by atoms with van der Waals surface area (Å²) in [6.45, 7) is 7.60. The zero-order chi connectivity index (χ0) is 27.1. The molecule has 0 spiro atoms. The molecule has 0 aliphatic rings. The number of hydrogen-bond acceptors (Lipinski definition) is 3. The molecule has 2 amide bonds. The lowest BCUT2D eigenvalue weighted by molar-refractivity contribution is -0.143. The molecule has 5 nitrogen and oxygen atoms in total. The largest absolute Gasteiger partial charge is 0.484 e. The number of nitrogens with one attached hydrogen (secondary N) is 1. The zero-order valence-electron chi connectivity index (χ0n) is 21.4. The number of halogens is 3. The Kier molecular flexibility index (Phi) is 10.4. The predicted octanol–water partition coefficient (Wildman–Crippen LogP) is 6.92. The fraction of sp³-hybridized carbons (Fsp3) is 0.310. The van der Waals surface area contributed by atoms with Crippen molar-refractivity contribution < 1.29 is 14.3 Å². The molecule has 3 aromatic rings. The summed E-state index contributed by atoms with van der Waals surface area (Å²) in [5.41, 5.74) is 3.63. The molecule has 0 heterocycles. The van der Waals surface area contributed by atoms with Crippen LogP contribution in [0.4, 0.5) is 0 Å². The molecule has 0 saturated carbocycles. The van der Waals surface area contributed by atoms with Crippen LogP contribution < -0.4 is 10.1 Å². The van der Waals surface area contributed by atoms with Crippen LogP contribution in [0.2, 0.25) is 10.0 Å². The zero-order valence-corrected chi connectivity index (χ0v) is 24.5. The fourth-order valence-corrected chi connectivity index (χ4v) is 4.68. The number of rotatable bonds is 10. The molecule has 196 valence electrons. The van der Waals surface area contributed by atoms with E-state index in [1.165, 1.54) is 0 Å². The van der Waals surface area contributed by atoms with Crippen molar-refractivity contribution in [2.45, 2.75) is 52.7 Å². The van der Waals surface area contributed by atoms with Gasteiger partial charge < -0.3 is 15.0 Å². The van der Waals surface area contributed by atoms with E-state index in [1.807, 2.05) is 70.2 Å². The molecule has 8 heteroatoms. The minimum atomic E-state index is -0.777. The number of ether oxygens (including phenoxy) is 1. The lowest BCUT2D eigenvalue weighted by atomic mass is 10.0. The number of amides is 2. The van der Waals surface area contributed by atoms with Crippen molar-refractivity contribution in [2.75, 3.05) is 6.61 Å². The van der Waals surface area contributed by atoms with Gasteiger partial charge in [0.15, 0.2) is 6.61 Å². The summed E-state index contributed by atoms with van der Waals surface area (Å²) in [6, 6.07) is 17.6. The van der Waals surface area contributed by atoms with Gasteiger partial charge in [0.25, 0.3) is 5.91 Å². The second kappa shape index (κ2) is 13.3. The third-order valence-corrected chi connectivity index (χ3v) is 7.67. The van der Waals surface area contributed by atoms with E-state index in [9.17, 15) is 9.59 Å². The molecular formula is C29H31BrCl2N2O3. The van der Waals surface area contributed by atoms with E-state index in [0.717, 1.165) is 21.2 Å². The van der Waals surface area contributed by atoms with Gasteiger partial charge in [0.2, 0.25) is 5.91 Å². The highest BCUT2D eigenvalue weighted by Crippen LogP contribution is 2.27. The van der Waals surface area contributed by atoms with Crippen LogP contribution in [-0.2, 0) is 22.6 Å². The molecule has 0 bridgehead atoms. The lowest BCUT2D eigenvalue weighted by Gasteiger charge is -2.32. The van der Waals surface area contributed by atoms with Crippen molar-refractivity contribution in [1.29, 1.82) is 0 Å². The van der Waals surface area contributed by atoms with Crippen LogP contribution in [0.15, 0.2) is 65.1 Å². The Morgan fingerprint density at radius 2 is 1.65 bits per heavy atom.